The molecule has 28 heavy (non-hydrogen) atoms. The molecule has 0 amide bonds. The molecule has 0 aromatic heterocycles. The Hall–Kier alpha value is -2.27. The highest BCUT2D eigenvalue weighted by atomic mass is 35.5. The Morgan fingerprint density at radius 2 is 1.96 bits per heavy atom. The maximum atomic E-state index is 14.4. The minimum absolute atomic E-state index is 0. The molecular formula is C17H19ClFN3O5S. The van der Waals surface area contributed by atoms with Crippen LogP contribution < -0.4 is 10.1 Å². The number of para-hydroxylation sites is 1. The van der Waals surface area contributed by atoms with Crippen LogP contribution in [0, 0.1) is 15.9 Å². The lowest BCUT2D eigenvalue weighted by Crippen LogP contribution is -2.48. The summed E-state index contributed by atoms with van der Waals surface area (Å²) in [5.74, 6) is -0.670. The van der Waals surface area contributed by atoms with Crippen LogP contribution in [0.15, 0.2) is 47.4 Å². The number of nitrogens with zero attached hydrogens (tertiary/aromatic N) is 2. The minimum Gasteiger partial charge on any atom is -0.496 e. The summed E-state index contributed by atoms with van der Waals surface area (Å²) >= 11 is 0. The second kappa shape index (κ2) is 8.82. The van der Waals surface area contributed by atoms with Gasteiger partial charge in [-0.05, 0) is 12.1 Å². The van der Waals surface area contributed by atoms with E-state index >= 15 is 0 Å². The summed E-state index contributed by atoms with van der Waals surface area (Å²) in [7, 11) is -3.00. The van der Waals surface area contributed by atoms with E-state index in [9.17, 15) is 22.9 Å². The molecule has 1 fully saturated rings. The summed E-state index contributed by atoms with van der Waals surface area (Å²) in [5, 5.41) is 14.4. The summed E-state index contributed by atoms with van der Waals surface area (Å²) in [4.78, 5) is 9.47. The number of benzene rings is 2. The Balaban J connectivity index is 0.00000280. The number of nitrogens with one attached hydrogen (secondary N) is 1. The van der Waals surface area contributed by atoms with Crippen LogP contribution in [0.3, 0.4) is 0 Å². The van der Waals surface area contributed by atoms with Crippen LogP contribution in [-0.4, -0.2) is 44.4 Å². The maximum Gasteiger partial charge on any atom is 0.292 e. The van der Waals surface area contributed by atoms with Crippen molar-refractivity contribution >= 4 is 28.1 Å². The Bertz CT molecular complexity index is 973. The van der Waals surface area contributed by atoms with Crippen molar-refractivity contribution in [1.29, 1.82) is 0 Å². The lowest BCUT2D eigenvalue weighted by molar-refractivity contribution is -0.388. The number of sulfonamides is 1. The summed E-state index contributed by atoms with van der Waals surface area (Å²) < 4.78 is 47.3. The predicted molar refractivity (Wildman–Crippen MR) is 103 cm³/mol. The fraction of sp³-hybridized carbons (Fsp3) is 0.294. The van der Waals surface area contributed by atoms with Gasteiger partial charge >= 0.3 is 0 Å². The molecule has 2 aromatic carbocycles. The first-order chi connectivity index (χ1) is 12.9. The molecule has 3 rings (SSSR count). The van der Waals surface area contributed by atoms with Crippen molar-refractivity contribution in [2.45, 2.75) is 10.9 Å². The van der Waals surface area contributed by atoms with Gasteiger partial charge in [0.2, 0.25) is 0 Å². The van der Waals surface area contributed by atoms with Crippen molar-refractivity contribution in [2.24, 2.45) is 0 Å². The van der Waals surface area contributed by atoms with E-state index in [0.29, 0.717) is 17.9 Å². The van der Waals surface area contributed by atoms with Gasteiger partial charge in [-0.15, -0.1) is 12.4 Å². The summed E-state index contributed by atoms with van der Waals surface area (Å²) in [6.07, 6.45) is 0. The Labute approximate surface area is 167 Å². The molecule has 2 aromatic rings. The number of ether oxygens (including phenoxy) is 1. The van der Waals surface area contributed by atoms with E-state index in [4.69, 9.17) is 4.74 Å². The summed E-state index contributed by atoms with van der Waals surface area (Å²) in [6.45, 7) is 0.644. The van der Waals surface area contributed by atoms with Gasteiger partial charge in [0, 0.05) is 31.3 Å². The highest BCUT2D eigenvalue weighted by molar-refractivity contribution is 7.89. The minimum atomic E-state index is -4.47. The third kappa shape index (κ3) is 3.95. The lowest BCUT2D eigenvalue weighted by Gasteiger charge is -2.35. The van der Waals surface area contributed by atoms with Crippen LogP contribution >= 0.6 is 12.4 Å². The number of hydrogen-bond donors (Lipinski definition) is 1. The Morgan fingerprint density at radius 1 is 1.25 bits per heavy atom. The van der Waals surface area contributed by atoms with Gasteiger partial charge in [-0.3, -0.25) is 10.1 Å². The van der Waals surface area contributed by atoms with Crippen molar-refractivity contribution in [1.82, 2.24) is 9.62 Å². The van der Waals surface area contributed by atoms with Gasteiger partial charge in [0.1, 0.15) is 11.6 Å². The molecule has 152 valence electrons. The second-order valence-electron chi connectivity index (χ2n) is 5.92. The first kappa shape index (κ1) is 22.0. The largest absolute Gasteiger partial charge is 0.496 e. The van der Waals surface area contributed by atoms with Gasteiger partial charge in [-0.25, -0.2) is 12.8 Å². The fourth-order valence-corrected chi connectivity index (χ4v) is 5.00. The number of hydrogen-bond acceptors (Lipinski definition) is 6. The summed E-state index contributed by atoms with van der Waals surface area (Å²) in [6, 6.07) is 9.20. The summed E-state index contributed by atoms with van der Waals surface area (Å²) in [5.41, 5.74) is -0.193. The lowest BCUT2D eigenvalue weighted by atomic mass is 10.0. The zero-order valence-corrected chi connectivity index (χ0v) is 16.5. The standard InChI is InChI=1S/C17H18FN3O5S.ClH/c1-26-16-8-3-2-5-12(16)15-11-19-9-10-20(15)27(24,25)17-13(18)6-4-7-14(17)21(22)23;/h2-8,15,19H,9-11H2,1H3;1H. The molecule has 1 aliphatic heterocycles. The average Bonchev–Trinajstić information content (AvgIpc) is 2.67. The molecule has 1 saturated heterocycles. The second-order valence-corrected chi connectivity index (χ2v) is 7.75. The number of methoxy groups -OCH3 is 1. The van der Waals surface area contributed by atoms with Crippen molar-refractivity contribution in [3.63, 3.8) is 0 Å². The molecule has 11 heteroatoms. The monoisotopic (exact) mass is 431 g/mol. The molecule has 1 heterocycles. The molecule has 0 saturated carbocycles. The number of piperazine rings is 1. The molecule has 0 spiro atoms. The maximum absolute atomic E-state index is 14.4. The van der Waals surface area contributed by atoms with Gasteiger partial charge < -0.3 is 10.1 Å². The average molecular weight is 432 g/mol. The number of rotatable bonds is 5. The molecule has 1 unspecified atom stereocenters. The molecule has 8 nitrogen and oxygen atoms in total. The molecular weight excluding hydrogens is 413 g/mol. The third-order valence-electron chi connectivity index (χ3n) is 4.40. The van der Waals surface area contributed by atoms with E-state index in [2.05, 4.69) is 5.32 Å². The van der Waals surface area contributed by atoms with Gasteiger partial charge in [-0.1, -0.05) is 24.3 Å². The normalized spacial score (nSPS) is 17.6. The van der Waals surface area contributed by atoms with Gasteiger partial charge in [-0.2, -0.15) is 4.31 Å². The van der Waals surface area contributed by atoms with E-state index in [1.165, 1.54) is 7.11 Å². The van der Waals surface area contributed by atoms with Crippen molar-refractivity contribution in [3.8, 4) is 5.75 Å². The number of nitro benzene ring substituents is 1. The van der Waals surface area contributed by atoms with Crippen LogP contribution in [0.4, 0.5) is 10.1 Å². The highest BCUT2D eigenvalue weighted by Gasteiger charge is 2.40. The van der Waals surface area contributed by atoms with E-state index in [0.717, 1.165) is 22.5 Å². The quantitative estimate of drug-likeness (QED) is 0.576. The molecule has 0 aliphatic carbocycles. The van der Waals surface area contributed by atoms with Crippen LogP contribution in [0.2, 0.25) is 0 Å². The van der Waals surface area contributed by atoms with E-state index in [1.807, 2.05) is 0 Å². The van der Waals surface area contributed by atoms with Crippen LogP contribution in [-0.2, 0) is 10.0 Å². The van der Waals surface area contributed by atoms with Gasteiger partial charge in [0.05, 0.1) is 18.1 Å². The third-order valence-corrected chi connectivity index (χ3v) is 6.38. The molecule has 1 N–H and O–H groups in total. The Morgan fingerprint density at radius 3 is 2.64 bits per heavy atom. The Kier molecular flexibility index (Phi) is 6.94. The van der Waals surface area contributed by atoms with Crippen LogP contribution in [0.1, 0.15) is 11.6 Å². The fourth-order valence-electron chi connectivity index (χ4n) is 3.19. The van der Waals surface area contributed by atoms with E-state index in [1.54, 1.807) is 24.3 Å². The number of halogens is 2. The zero-order valence-electron chi connectivity index (χ0n) is 14.9. The first-order valence-corrected chi connectivity index (χ1v) is 9.60. The van der Waals surface area contributed by atoms with Crippen molar-refractivity contribution in [3.05, 3.63) is 64.0 Å². The van der Waals surface area contributed by atoms with Gasteiger partial charge in [0.15, 0.2) is 4.90 Å². The molecule has 0 bridgehead atoms. The predicted octanol–water partition coefficient (Wildman–Crippen LogP) is 2.50. The smallest absolute Gasteiger partial charge is 0.292 e. The highest BCUT2D eigenvalue weighted by Crippen LogP contribution is 2.37. The van der Waals surface area contributed by atoms with Crippen molar-refractivity contribution in [2.75, 3.05) is 26.7 Å². The molecule has 0 radical (unpaired) electrons. The topological polar surface area (TPSA) is 102 Å². The van der Waals surface area contributed by atoms with Crippen molar-refractivity contribution < 1.29 is 22.5 Å². The van der Waals surface area contributed by atoms with E-state index < -0.39 is 37.4 Å². The zero-order chi connectivity index (χ0) is 19.6. The first-order valence-electron chi connectivity index (χ1n) is 8.16. The molecule has 1 aliphatic rings. The van der Waals surface area contributed by atoms with Crippen LogP contribution in [0.25, 0.3) is 0 Å². The molecule has 1 atom stereocenters. The van der Waals surface area contributed by atoms with Crippen LogP contribution in [0.5, 0.6) is 5.75 Å². The van der Waals surface area contributed by atoms with Gasteiger partial charge in [0.25, 0.3) is 15.7 Å². The number of nitro groups is 1. The SMILES string of the molecule is COc1ccccc1C1CNCCN1S(=O)(=O)c1c(F)cccc1[N+](=O)[O-].Cl. The van der Waals surface area contributed by atoms with E-state index in [-0.39, 0.29) is 25.5 Å².